The number of hydrogen-bond acceptors (Lipinski definition) is 6. The zero-order valence-electron chi connectivity index (χ0n) is 17.8. The summed E-state index contributed by atoms with van der Waals surface area (Å²) in [6, 6.07) is 17.4. The van der Waals surface area contributed by atoms with E-state index in [1.54, 1.807) is 54.6 Å². The van der Waals surface area contributed by atoms with E-state index in [9.17, 15) is 13.2 Å². The molecule has 0 spiro atoms. The summed E-state index contributed by atoms with van der Waals surface area (Å²) in [5, 5.41) is 5.40. The quantitative estimate of drug-likeness (QED) is 0.496. The van der Waals surface area contributed by atoms with Gasteiger partial charge in [0, 0.05) is 23.9 Å². The highest BCUT2D eigenvalue weighted by molar-refractivity contribution is 7.92. The summed E-state index contributed by atoms with van der Waals surface area (Å²) in [5.41, 5.74) is 1.36. The van der Waals surface area contributed by atoms with E-state index < -0.39 is 16.1 Å². The molecule has 4 rings (SSSR count). The van der Waals surface area contributed by atoms with Crippen LogP contribution in [-0.4, -0.2) is 34.8 Å². The highest BCUT2D eigenvalue weighted by Gasteiger charge is 2.19. The highest BCUT2D eigenvalue weighted by Crippen LogP contribution is 2.32. The van der Waals surface area contributed by atoms with E-state index in [-0.39, 0.29) is 4.90 Å². The Morgan fingerprint density at radius 2 is 1.58 bits per heavy atom. The van der Waals surface area contributed by atoms with Crippen molar-refractivity contribution in [1.29, 1.82) is 0 Å². The van der Waals surface area contributed by atoms with Crippen LogP contribution in [0.3, 0.4) is 0 Å². The van der Waals surface area contributed by atoms with Crippen LogP contribution in [0.4, 0.5) is 21.9 Å². The Morgan fingerprint density at radius 1 is 0.879 bits per heavy atom. The summed E-state index contributed by atoms with van der Waals surface area (Å²) in [4.78, 5) is 12.3. The number of amides is 2. The van der Waals surface area contributed by atoms with Gasteiger partial charge in [0.2, 0.25) is 0 Å². The van der Waals surface area contributed by atoms with Crippen molar-refractivity contribution >= 4 is 33.1 Å². The van der Waals surface area contributed by atoms with Gasteiger partial charge in [-0.1, -0.05) is 12.1 Å². The summed E-state index contributed by atoms with van der Waals surface area (Å²) in [6.07, 6.45) is 0.728. The van der Waals surface area contributed by atoms with Gasteiger partial charge in [-0.3, -0.25) is 4.72 Å². The fourth-order valence-corrected chi connectivity index (χ4v) is 4.25. The lowest BCUT2D eigenvalue weighted by Gasteiger charge is -2.13. The molecule has 0 saturated carbocycles. The van der Waals surface area contributed by atoms with Gasteiger partial charge in [-0.15, -0.1) is 0 Å². The molecule has 2 amide bonds. The van der Waals surface area contributed by atoms with Crippen molar-refractivity contribution in [2.75, 3.05) is 35.7 Å². The van der Waals surface area contributed by atoms with Crippen LogP contribution in [0.15, 0.2) is 71.6 Å². The summed E-state index contributed by atoms with van der Waals surface area (Å²) >= 11 is 0. The Hall–Kier alpha value is -3.92. The number of sulfonamides is 1. The minimum absolute atomic E-state index is 0.0603. The van der Waals surface area contributed by atoms with Gasteiger partial charge in [0.15, 0.2) is 11.5 Å². The zero-order chi connectivity index (χ0) is 23.3. The number of ether oxygens (including phenoxy) is 3. The average Bonchev–Trinajstić information content (AvgIpc) is 3.05. The summed E-state index contributed by atoms with van der Waals surface area (Å²) in [6.45, 7) is 0.984. The van der Waals surface area contributed by atoms with Gasteiger partial charge in [-0.05, 0) is 48.5 Å². The normalized spacial score (nSPS) is 12.9. The van der Waals surface area contributed by atoms with Crippen molar-refractivity contribution in [2.45, 2.75) is 11.3 Å². The van der Waals surface area contributed by atoms with Crippen molar-refractivity contribution in [3.8, 4) is 17.2 Å². The van der Waals surface area contributed by atoms with E-state index in [1.165, 1.54) is 19.2 Å². The van der Waals surface area contributed by atoms with Gasteiger partial charge in [0.1, 0.15) is 5.75 Å². The van der Waals surface area contributed by atoms with Crippen LogP contribution in [0.5, 0.6) is 17.2 Å². The summed E-state index contributed by atoms with van der Waals surface area (Å²) < 4.78 is 44.4. The van der Waals surface area contributed by atoms with Crippen LogP contribution in [0.1, 0.15) is 6.42 Å². The third-order valence-corrected chi connectivity index (χ3v) is 6.16. The van der Waals surface area contributed by atoms with Gasteiger partial charge >= 0.3 is 6.03 Å². The second-order valence-corrected chi connectivity index (χ2v) is 8.80. The van der Waals surface area contributed by atoms with Crippen LogP contribution in [-0.2, 0) is 10.0 Å². The second kappa shape index (κ2) is 9.70. The number of hydrogen-bond donors (Lipinski definition) is 3. The molecule has 0 unspecified atom stereocenters. The fourth-order valence-electron chi connectivity index (χ4n) is 3.18. The minimum atomic E-state index is -3.84. The zero-order valence-corrected chi connectivity index (χ0v) is 18.6. The van der Waals surface area contributed by atoms with Crippen LogP contribution in [0.2, 0.25) is 0 Å². The van der Waals surface area contributed by atoms with Crippen molar-refractivity contribution in [3.05, 3.63) is 66.7 Å². The monoisotopic (exact) mass is 469 g/mol. The molecule has 0 bridgehead atoms. The van der Waals surface area contributed by atoms with E-state index in [1.807, 2.05) is 0 Å². The molecule has 3 aromatic rings. The Kier molecular flexibility index (Phi) is 6.55. The third kappa shape index (κ3) is 5.47. The maximum atomic E-state index is 12.8. The van der Waals surface area contributed by atoms with Crippen LogP contribution in [0.25, 0.3) is 0 Å². The number of carbonyl (C=O) groups excluding carboxylic acids is 1. The molecule has 1 heterocycles. The number of urea groups is 1. The van der Waals surface area contributed by atoms with Gasteiger partial charge in [-0.25, -0.2) is 13.2 Å². The number of rotatable bonds is 6. The smallest absolute Gasteiger partial charge is 0.323 e. The summed E-state index contributed by atoms with van der Waals surface area (Å²) in [5.74, 6) is 1.46. The van der Waals surface area contributed by atoms with E-state index in [4.69, 9.17) is 14.2 Å². The molecule has 0 aliphatic carbocycles. The van der Waals surface area contributed by atoms with Crippen molar-refractivity contribution in [2.24, 2.45) is 0 Å². The lowest BCUT2D eigenvalue weighted by atomic mass is 10.3. The first kappa shape index (κ1) is 22.3. The Labute approximate surface area is 191 Å². The molecule has 0 atom stereocenters. The molecule has 33 heavy (non-hydrogen) atoms. The number of para-hydroxylation sites is 2. The number of benzene rings is 3. The van der Waals surface area contributed by atoms with Gasteiger partial charge < -0.3 is 24.8 Å². The SMILES string of the molecule is COc1ccccc1NC(=O)Nc1ccc(NS(=O)(=O)c2ccc3c(c2)OCCCO3)cc1. The van der Waals surface area contributed by atoms with Crippen LogP contribution >= 0.6 is 0 Å². The molecule has 0 fully saturated rings. The Morgan fingerprint density at radius 3 is 2.33 bits per heavy atom. The number of anilines is 3. The lowest BCUT2D eigenvalue weighted by Crippen LogP contribution is -2.19. The van der Waals surface area contributed by atoms with Gasteiger partial charge in [0.25, 0.3) is 10.0 Å². The van der Waals surface area contributed by atoms with Crippen LogP contribution in [0, 0.1) is 0 Å². The van der Waals surface area contributed by atoms with Gasteiger partial charge in [0.05, 0.1) is 30.9 Å². The first-order valence-electron chi connectivity index (χ1n) is 10.2. The maximum Gasteiger partial charge on any atom is 0.323 e. The molecule has 0 saturated heterocycles. The first-order chi connectivity index (χ1) is 15.9. The molecule has 10 heteroatoms. The topological polar surface area (TPSA) is 115 Å². The first-order valence-corrected chi connectivity index (χ1v) is 11.7. The third-order valence-electron chi connectivity index (χ3n) is 4.78. The van der Waals surface area contributed by atoms with E-state index >= 15 is 0 Å². The van der Waals surface area contributed by atoms with Crippen LogP contribution < -0.4 is 29.6 Å². The highest BCUT2D eigenvalue weighted by atomic mass is 32.2. The summed E-state index contributed by atoms with van der Waals surface area (Å²) in [7, 11) is -2.32. The molecular weight excluding hydrogens is 446 g/mol. The van der Waals surface area contributed by atoms with Crippen molar-refractivity contribution in [1.82, 2.24) is 0 Å². The van der Waals surface area contributed by atoms with E-state index in [0.717, 1.165) is 6.42 Å². The fraction of sp³-hybridized carbons (Fsp3) is 0.174. The lowest BCUT2D eigenvalue weighted by molar-refractivity contribution is 0.262. The molecule has 3 N–H and O–H groups in total. The number of fused-ring (bicyclic) bond motifs is 1. The molecule has 1 aliphatic heterocycles. The molecule has 172 valence electrons. The molecule has 3 aromatic carbocycles. The van der Waals surface area contributed by atoms with Gasteiger partial charge in [-0.2, -0.15) is 0 Å². The number of methoxy groups -OCH3 is 1. The van der Waals surface area contributed by atoms with E-state index in [2.05, 4.69) is 15.4 Å². The minimum Gasteiger partial charge on any atom is -0.495 e. The Balaban J connectivity index is 1.41. The van der Waals surface area contributed by atoms with E-state index in [0.29, 0.717) is 47.5 Å². The maximum absolute atomic E-state index is 12.8. The van der Waals surface area contributed by atoms with Crippen molar-refractivity contribution in [3.63, 3.8) is 0 Å². The Bertz CT molecular complexity index is 1250. The number of nitrogens with one attached hydrogen (secondary N) is 3. The van der Waals surface area contributed by atoms with Crippen molar-refractivity contribution < 1.29 is 27.4 Å². The largest absolute Gasteiger partial charge is 0.495 e. The molecule has 1 aliphatic rings. The molecule has 9 nitrogen and oxygen atoms in total. The second-order valence-electron chi connectivity index (χ2n) is 7.12. The standard InChI is InChI=1S/C23H23N3O6S/c1-30-20-6-3-2-5-19(20)25-23(27)24-16-7-9-17(10-8-16)26-33(28,29)18-11-12-21-22(15-18)32-14-4-13-31-21/h2-3,5-12,15,26H,4,13-14H2,1H3,(H2,24,25,27). The average molecular weight is 470 g/mol. The molecular formula is C23H23N3O6S. The molecule has 0 radical (unpaired) electrons. The number of carbonyl (C=O) groups is 1. The predicted molar refractivity (Wildman–Crippen MR) is 125 cm³/mol. The predicted octanol–water partition coefficient (Wildman–Crippen LogP) is 4.30. The molecule has 0 aromatic heterocycles.